The molecule has 0 radical (unpaired) electrons. The Bertz CT molecular complexity index is 607. The molecule has 0 aliphatic heterocycles. The number of carbonyl (C=O) groups excluding carboxylic acids is 2. The van der Waals surface area contributed by atoms with Crippen LogP contribution in [0, 0.1) is 0 Å². The van der Waals surface area contributed by atoms with Crippen LogP contribution in [-0.4, -0.2) is 26.3 Å². The van der Waals surface area contributed by atoms with Gasteiger partial charge < -0.3 is 9.47 Å². The Morgan fingerprint density at radius 2 is 1.55 bits per heavy atom. The van der Waals surface area contributed by atoms with Gasteiger partial charge in [-0.15, -0.1) is 0 Å². The maximum atomic E-state index is 12.6. The highest BCUT2D eigenvalue weighted by Gasteiger charge is 2.20. The third-order valence-electron chi connectivity index (χ3n) is 2.93. The van der Waals surface area contributed by atoms with Crippen molar-refractivity contribution in [3.8, 4) is 11.5 Å². The Morgan fingerprint density at radius 3 is 2.00 bits per heavy atom. The monoisotopic (exact) mass is 270 g/mol. The molecule has 2 aromatic rings. The van der Waals surface area contributed by atoms with E-state index in [9.17, 15) is 9.59 Å². The molecule has 0 N–H and O–H groups in total. The molecule has 2 aromatic carbocycles. The van der Waals surface area contributed by atoms with Gasteiger partial charge in [0.15, 0.2) is 0 Å². The molecule has 2 rings (SSSR count). The lowest BCUT2D eigenvalue weighted by Gasteiger charge is -2.13. The maximum absolute atomic E-state index is 12.6. The summed E-state index contributed by atoms with van der Waals surface area (Å²) in [5.74, 6) is 0.428. The number of carbonyl (C=O) groups is 2. The van der Waals surface area contributed by atoms with E-state index in [4.69, 9.17) is 9.47 Å². The van der Waals surface area contributed by atoms with Crippen LogP contribution in [0.15, 0.2) is 42.5 Å². The Balaban J connectivity index is 2.60. The van der Waals surface area contributed by atoms with Gasteiger partial charge in [-0.05, 0) is 12.1 Å². The highest BCUT2D eigenvalue weighted by atomic mass is 16.5. The zero-order valence-electron chi connectivity index (χ0n) is 11.3. The van der Waals surface area contributed by atoms with Crippen LogP contribution in [0.25, 0.3) is 0 Å². The summed E-state index contributed by atoms with van der Waals surface area (Å²) in [4.78, 5) is 23.5. The molecule has 0 amide bonds. The van der Waals surface area contributed by atoms with Crippen LogP contribution in [0.1, 0.15) is 26.3 Å². The molecule has 0 saturated carbocycles. The van der Waals surface area contributed by atoms with Gasteiger partial charge in [-0.1, -0.05) is 30.3 Å². The fourth-order valence-corrected chi connectivity index (χ4v) is 1.96. The van der Waals surface area contributed by atoms with E-state index in [0.29, 0.717) is 34.5 Å². The minimum Gasteiger partial charge on any atom is -0.496 e. The van der Waals surface area contributed by atoms with Gasteiger partial charge in [0.05, 0.1) is 14.2 Å². The van der Waals surface area contributed by atoms with Gasteiger partial charge in [0.1, 0.15) is 23.3 Å². The van der Waals surface area contributed by atoms with E-state index in [1.54, 1.807) is 24.3 Å². The lowest BCUT2D eigenvalue weighted by atomic mass is 10.00. The van der Waals surface area contributed by atoms with Crippen LogP contribution in [-0.2, 0) is 0 Å². The molecule has 0 saturated heterocycles. The third kappa shape index (κ3) is 2.54. The Kier molecular flexibility index (Phi) is 4.15. The number of rotatable bonds is 5. The number of aldehydes is 1. The predicted octanol–water partition coefficient (Wildman–Crippen LogP) is 2.75. The number of benzene rings is 2. The number of hydrogen-bond acceptors (Lipinski definition) is 4. The van der Waals surface area contributed by atoms with E-state index >= 15 is 0 Å². The highest BCUT2D eigenvalue weighted by molar-refractivity contribution is 6.12. The molecule has 0 spiro atoms. The summed E-state index contributed by atoms with van der Waals surface area (Å²) in [6.45, 7) is 0. The van der Waals surface area contributed by atoms with Crippen LogP contribution in [0.2, 0.25) is 0 Å². The van der Waals surface area contributed by atoms with Gasteiger partial charge in [0.25, 0.3) is 0 Å². The average molecular weight is 270 g/mol. The number of ketones is 1. The maximum Gasteiger partial charge on any atom is 0.200 e. The normalized spacial score (nSPS) is 9.90. The van der Waals surface area contributed by atoms with E-state index in [1.807, 2.05) is 6.07 Å². The number of ether oxygens (including phenoxy) is 2. The first kappa shape index (κ1) is 13.8. The van der Waals surface area contributed by atoms with Crippen molar-refractivity contribution in [2.24, 2.45) is 0 Å². The number of hydrogen-bond donors (Lipinski definition) is 0. The molecule has 0 heterocycles. The highest BCUT2D eigenvalue weighted by Crippen LogP contribution is 2.32. The Labute approximate surface area is 116 Å². The summed E-state index contributed by atoms with van der Waals surface area (Å²) in [6, 6.07) is 11.9. The van der Waals surface area contributed by atoms with Crippen molar-refractivity contribution in [3.05, 3.63) is 59.2 Å². The second-order valence-corrected chi connectivity index (χ2v) is 4.11. The molecule has 0 atom stereocenters. The fourth-order valence-electron chi connectivity index (χ4n) is 1.96. The molecule has 4 heteroatoms. The second-order valence-electron chi connectivity index (χ2n) is 4.11. The predicted molar refractivity (Wildman–Crippen MR) is 74.8 cm³/mol. The van der Waals surface area contributed by atoms with Gasteiger partial charge in [0, 0.05) is 11.1 Å². The molecule has 0 unspecified atom stereocenters. The smallest absolute Gasteiger partial charge is 0.200 e. The molecule has 0 bridgehead atoms. The molecule has 0 fully saturated rings. The zero-order chi connectivity index (χ0) is 14.5. The lowest BCUT2D eigenvalue weighted by Crippen LogP contribution is -2.07. The summed E-state index contributed by atoms with van der Waals surface area (Å²) in [5, 5.41) is 0. The third-order valence-corrected chi connectivity index (χ3v) is 2.93. The van der Waals surface area contributed by atoms with Crippen LogP contribution in [0.3, 0.4) is 0 Å². The van der Waals surface area contributed by atoms with Crippen molar-refractivity contribution in [1.82, 2.24) is 0 Å². The van der Waals surface area contributed by atoms with Gasteiger partial charge >= 0.3 is 0 Å². The van der Waals surface area contributed by atoms with E-state index in [2.05, 4.69) is 0 Å². The quantitative estimate of drug-likeness (QED) is 0.619. The van der Waals surface area contributed by atoms with Crippen molar-refractivity contribution in [3.63, 3.8) is 0 Å². The second kappa shape index (κ2) is 6.02. The van der Waals surface area contributed by atoms with E-state index < -0.39 is 0 Å². The van der Waals surface area contributed by atoms with Gasteiger partial charge in [-0.2, -0.15) is 0 Å². The van der Waals surface area contributed by atoms with Crippen molar-refractivity contribution in [2.45, 2.75) is 0 Å². The summed E-state index contributed by atoms with van der Waals surface area (Å²) >= 11 is 0. The zero-order valence-corrected chi connectivity index (χ0v) is 11.3. The first-order valence-electron chi connectivity index (χ1n) is 6.02. The standard InChI is InChI=1S/C16H14O4/c1-19-13-8-11(10-17)9-14(20-2)15(13)16(18)12-6-4-3-5-7-12/h3-10H,1-2H3. The van der Waals surface area contributed by atoms with Crippen LogP contribution in [0.4, 0.5) is 0 Å². The minimum atomic E-state index is -0.211. The molecule has 102 valence electrons. The van der Waals surface area contributed by atoms with Crippen molar-refractivity contribution in [2.75, 3.05) is 14.2 Å². The Morgan fingerprint density at radius 1 is 1.00 bits per heavy atom. The SMILES string of the molecule is COc1cc(C=O)cc(OC)c1C(=O)c1ccccc1. The van der Waals surface area contributed by atoms with Crippen LogP contribution in [0.5, 0.6) is 11.5 Å². The van der Waals surface area contributed by atoms with Crippen LogP contribution < -0.4 is 9.47 Å². The molecular weight excluding hydrogens is 256 g/mol. The molecule has 0 aliphatic carbocycles. The first-order valence-corrected chi connectivity index (χ1v) is 6.02. The summed E-state index contributed by atoms with van der Waals surface area (Å²) < 4.78 is 10.4. The molecular formula is C16H14O4. The molecule has 20 heavy (non-hydrogen) atoms. The molecule has 0 aliphatic rings. The molecule has 0 aromatic heterocycles. The van der Waals surface area contributed by atoms with Crippen molar-refractivity contribution in [1.29, 1.82) is 0 Å². The summed E-state index contributed by atoms with van der Waals surface area (Å²) in [6.07, 6.45) is 0.682. The van der Waals surface area contributed by atoms with Gasteiger partial charge in [-0.25, -0.2) is 0 Å². The first-order chi connectivity index (χ1) is 9.71. The minimum absolute atomic E-state index is 0.211. The lowest BCUT2D eigenvalue weighted by molar-refractivity contribution is 0.103. The van der Waals surface area contributed by atoms with E-state index in [1.165, 1.54) is 26.4 Å². The van der Waals surface area contributed by atoms with Gasteiger partial charge in [-0.3, -0.25) is 9.59 Å². The number of methoxy groups -OCH3 is 2. The summed E-state index contributed by atoms with van der Waals surface area (Å²) in [7, 11) is 2.90. The molecule has 4 nitrogen and oxygen atoms in total. The van der Waals surface area contributed by atoms with Gasteiger partial charge in [0.2, 0.25) is 5.78 Å². The van der Waals surface area contributed by atoms with Crippen molar-refractivity contribution >= 4 is 12.1 Å². The fraction of sp³-hybridized carbons (Fsp3) is 0.125. The van der Waals surface area contributed by atoms with Crippen LogP contribution >= 0.6 is 0 Å². The summed E-state index contributed by atoms with van der Waals surface area (Å²) in [5.41, 5.74) is 1.23. The van der Waals surface area contributed by atoms with E-state index in [0.717, 1.165) is 0 Å². The average Bonchev–Trinajstić information content (AvgIpc) is 2.53. The Hall–Kier alpha value is -2.62. The van der Waals surface area contributed by atoms with E-state index in [-0.39, 0.29) is 5.78 Å². The largest absolute Gasteiger partial charge is 0.496 e. The van der Waals surface area contributed by atoms with Crippen molar-refractivity contribution < 1.29 is 19.1 Å². The topological polar surface area (TPSA) is 52.6 Å².